The zero-order chi connectivity index (χ0) is 16.8. The van der Waals surface area contributed by atoms with Gasteiger partial charge in [0, 0.05) is 18.2 Å². The largest absolute Gasteiger partial charge is 0.463 e. The number of hydrogen-bond donors (Lipinski definition) is 0. The van der Waals surface area contributed by atoms with Crippen molar-refractivity contribution in [2.75, 3.05) is 11.5 Å². The Morgan fingerprint density at radius 2 is 2.00 bits per heavy atom. The Balaban J connectivity index is 2.32. The van der Waals surface area contributed by atoms with Gasteiger partial charge >= 0.3 is 5.97 Å². The van der Waals surface area contributed by atoms with Crippen molar-refractivity contribution in [1.29, 1.82) is 0 Å². The molecule has 5 heteroatoms. The lowest BCUT2D eigenvalue weighted by atomic mass is 9.94. The van der Waals surface area contributed by atoms with E-state index in [9.17, 15) is 14.4 Å². The van der Waals surface area contributed by atoms with Crippen LogP contribution in [0.1, 0.15) is 32.3 Å². The summed E-state index contributed by atoms with van der Waals surface area (Å²) in [6.45, 7) is 3.70. The molecule has 1 heterocycles. The third kappa shape index (κ3) is 3.86. The SMILES string of the molecule is CCOC(=O)C=CC1CCc2ccccc2N1C(=O)C(=O)CC. The fraction of sp³-hybridized carbons (Fsp3) is 0.389. The molecule has 0 aromatic heterocycles. The fourth-order valence-corrected chi connectivity index (χ4v) is 2.68. The summed E-state index contributed by atoms with van der Waals surface area (Å²) in [7, 11) is 0. The Bertz CT molecular complexity index is 636. The lowest BCUT2D eigenvalue weighted by molar-refractivity contribution is -0.137. The van der Waals surface area contributed by atoms with E-state index in [0.29, 0.717) is 13.0 Å². The predicted molar refractivity (Wildman–Crippen MR) is 87.1 cm³/mol. The molecular formula is C18H21NO4. The maximum Gasteiger partial charge on any atom is 0.330 e. The molecule has 23 heavy (non-hydrogen) atoms. The van der Waals surface area contributed by atoms with Crippen molar-refractivity contribution in [3.05, 3.63) is 42.0 Å². The highest BCUT2D eigenvalue weighted by atomic mass is 16.5. The number of para-hydroxylation sites is 1. The minimum Gasteiger partial charge on any atom is -0.463 e. The van der Waals surface area contributed by atoms with E-state index in [-0.39, 0.29) is 12.5 Å². The number of aryl methyl sites for hydroxylation is 1. The molecule has 0 saturated carbocycles. The van der Waals surface area contributed by atoms with E-state index in [2.05, 4.69) is 0 Å². The normalized spacial score (nSPS) is 17.0. The number of carbonyl (C=O) groups excluding carboxylic acids is 3. The summed E-state index contributed by atoms with van der Waals surface area (Å²) >= 11 is 0. The molecule has 0 N–H and O–H groups in total. The highest BCUT2D eigenvalue weighted by Crippen LogP contribution is 2.31. The Kier molecular flexibility index (Phi) is 5.68. The molecule has 1 atom stereocenters. The Morgan fingerprint density at radius 3 is 2.70 bits per heavy atom. The average molecular weight is 315 g/mol. The zero-order valence-corrected chi connectivity index (χ0v) is 13.5. The number of amides is 1. The molecule has 1 unspecified atom stereocenters. The quantitative estimate of drug-likeness (QED) is 0.475. The molecule has 1 aliphatic heterocycles. The molecule has 1 aromatic carbocycles. The summed E-state index contributed by atoms with van der Waals surface area (Å²) in [6, 6.07) is 7.22. The smallest absolute Gasteiger partial charge is 0.330 e. The van der Waals surface area contributed by atoms with E-state index in [4.69, 9.17) is 4.74 Å². The van der Waals surface area contributed by atoms with Crippen molar-refractivity contribution < 1.29 is 19.1 Å². The number of rotatable bonds is 5. The second-order valence-electron chi connectivity index (χ2n) is 5.30. The first-order valence-electron chi connectivity index (χ1n) is 7.87. The van der Waals surface area contributed by atoms with Gasteiger partial charge in [0.2, 0.25) is 5.78 Å². The number of ether oxygens (including phenoxy) is 1. The molecule has 0 aliphatic carbocycles. The predicted octanol–water partition coefficient (Wildman–Crippen LogP) is 2.43. The number of Topliss-reactive ketones (excluding diaryl/α,β-unsaturated/α-hetero) is 1. The van der Waals surface area contributed by atoms with E-state index in [1.807, 2.05) is 24.3 Å². The van der Waals surface area contributed by atoms with Gasteiger partial charge in [0.15, 0.2) is 0 Å². The van der Waals surface area contributed by atoms with Gasteiger partial charge in [-0.2, -0.15) is 0 Å². The van der Waals surface area contributed by atoms with Crippen LogP contribution in [-0.4, -0.2) is 30.3 Å². The van der Waals surface area contributed by atoms with Crippen molar-refractivity contribution in [2.24, 2.45) is 0 Å². The summed E-state index contributed by atoms with van der Waals surface area (Å²) in [4.78, 5) is 37.4. The first-order valence-corrected chi connectivity index (χ1v) is 7.87. The first kappa shape index (κ1) is 16.9. The average Bonchev–Trinajstić information content (AvgIpc) is 2.58. The molecular weight excluding hydrogens is 294 g/mol. The van der Waals surface area contributed by atoms with Gasteiger partial charge in [-0.15, -0.1) is 0 Å². The molecule has 1 aliphatic rings. The maximum atomic E-state index is 12.5. The summed E-state index contributed by atoms with van der Waals surface area (Å²) in [6.07, 6.45) is 4.59. The minimum atomic E-state index is -0.529. The molecule has 0 saturated heterocycles. The highest BCUT2D eigenvalue weighted by molar-refractivity contribution is 6.41. The number of ketones is 1. The van der Waals surface area contributed by atoms with Gasteiger partial charge in [-0.25, -0.2) is 4.79 Å². The Hall–Kier alpha value is -2.43. The molecule has 1 amide bonds. The van der Waals surface area contributed by atoms with E-state index in [1.54, 1.807) is 19.9 Å². The van der Waals surface area contributed by atoms with Gasteiger partial charge in [0.05, 0.1) is 12.6 Å². The van der Waals surface area contributed by atoms with Crippen LogP contribution < -0.4 is 4.90 Å². The van der Waals surface area contributed by atoms with Crippen LogP contribution >= 0.6 is 0 Å². The van der Waals surface area contributed by atoms with Crippen molar-refractivity contribution in [3.8, 4) is 0 Å². The van der Waals surface area contributed by atoms with Gasteiger partial charge in [0.1, 0.15) is 0 Å². The number of nitrogens with zero attached hydrogens (tertiary/aromatic N) is 1. The van der Waals surface area contributed by atoms with Gasteiger partial charge in [0.25, 0.3) is 5.91 Å². The molecule has 0 spiro atoms. The van der Waals surface area contributed by atoms with Crippen LogP contribution in [0, 0.1) is 0 Å². The van der Waals surface area contributed by atoms with Crippen LogP contribution in [0.15, 0.2) is 36.4 Å². The van der Waals surface area contributed by atoms with Crippen LogP contribution in [0.4, 0.5) is 5.69 Å². The van der Waals surface area contributed by atoms with E-state index in [1.165, 1.54) is 11.0 Å². The Morgan fingerprint density at radius 1 is 1.26 bits per heavy atom. The summed E-state index contributed by atoms with van der Waals surface area (Å²) in [5.41, 5.74) is 1.77. The lowest BCUT2D eigenvalue weighted by Crippen LogP contribution is -2.46. The maximum absolute atomic E-state index is 12.5. The minimum absolute atomic E-state index is 0.159. The van der Waals surface area contributed by atoms with Crippen LogP contribution in [-0.2, 0) is 25.5 Å². The van der Waals surface area contributed by atoms with Gasteiger partial charge in [-0.05, 0) is 31.4 Å². The molecule has 5 nitrogen and oxygen atoms in total. The number of benzene rings is 1. The number of anilines is 1. The Labute approximate surface area is 135 Å². The molecule has 2 rings (SSSR count). The molecule has 122 valence electrons. The highest BCUT2D eigenvalue weighted by Gasteiger charge is 2.32. The van der Waals surface area contributed by atoms with Crippen LogP contribution in [0.2, 0.25) is 0 Å². The fourth-order valence-electron chi connectivity index (χ4n) is 2.68. The van der Waals surface area contributed by atoms with Crippen molar-refractivity contribution in [3.63, 3.8) is 0 Å². The van der Waals surface area contributed by atoms with Gasteiger partial charge in [-0.1, -0.05) is 31.2 Å². The number of carbonyl (C=O) groups is 3. The molecule has 0 bridgehead atoms. The van der Waals surface area contributed by atoms with Crippen LogP contribution in [0.5, 0.6) is 0 Å². The second kappa shape index (κ2) is 7.72. The van der Waals surface area contributed by atoms with E-state index < -0.39 is 17.7 Å². The summed E-state index contributed by atoms with van der Waals surface area (Å²) in [5.74, 6) is -1.41. The second-order valence-corrected chi connectivity index (χ2v) is 5.30. The third-order valence-corrected chi connectivity index (χ3v) is 3.81. The van der Waals surface area contributed by atoms with Gasteiger partial charge in [-0.3, -0.25) is 14.5 Å². The van der Waals surface area contributed by atoms with Crippen LogP contribution in [0.25, 0.3) is 0 Å². The third-order valence-electron chi connectivity index (χ3n) is 3.81. The zero-order valence-electron chi connectivity index (χ0n) is 13.5. The number of hydrogen-bond acceptors (Lipinski definition) is 4. The van der Waals surface area contributed by atoms with E-state index in [0.717, 1.165) is 17.7 Å². The topological polar surface area (TPSA) is 63.7 Å². The van der Waals surface area contributed by atoms with Crippen LogP contribution in [0.3, 0.4) is 0 Å². The number of esters is 1. The summed E-state index contributed by atoms with van der Waals surface area (Å²) < 4.78 is 4.87. The number of fused-ring (bicyclic) bond motifs is 1. The molecule has 0 radical (unpaired) electrons. The first-order chi connectivity index (χ1) is 11.1. The molecule has 1 aromatic rings. The van der Waals surface area contributed by atoms with Crippen molar-refractivity contribution >= 4 is 23.3 Å². The lowest BCUT2D eigenvalue weighted by Gasteiger charge is -2.35. The van der Waals surface area contributed by atoms with Gasteiger partial charge < -0.3 is 4.74 Å². The van der Waals surface area contributed by atoms with Crippen molar-refractivity contribution in [2.45, 2.75) is 39.2 Å². The van der Waals surface area contributed by atoms with Crippen molar-refractivity contribution in [1.82, 2.24) is 0 Å². The standard InChI is InChI=1S/C18H21NO4/c1-3-16(20)18(22)19-14(11-12-17(21)23-4-2)10-9-13-7-5-6-8-15(13)19/h5-8,11-12,14H,3-4,9-10H2,1-2H3. The monoisotopic (exact) mass is 315 g/mol. The molecule has 0 fully saturated rings. The van der Waals surface area contributed by atoms with E-state index >= 15 is 0 Å². The summed E-state index contributed by atoms with van der Waals surface area (Å²) in [5, 5.41) is 0.